The zero-order valence-corrected chi connectivity index (χ0v) is 9.19. The Morgan fingerprint density at radius 3 is 2.50 bits per heavy atom. The molecule has 3 nitrogen and oxygen atoms in total. The number of hydrogen-bond acceptors (Lipinski definition) is 2. The first-order valence-electron chi connectivity index (χ1n) is 5.16. The van der Waals surface area contributed by atoms with Crippen molar-refractivity contribution in [2.45, 2.75) is 12.6 Å². The predicted octanol–water partition coefficient (Wildman–Crippen LogP) is 2.55. The normalized spacial score (nSPS) is 11.5. The van der Waals surface area contributed by atoms with E-state index in [2.05, 4.69) is 5.10 Å². The predicted molar refractivity (Wildman–Crippen MR) is 58.3 cm³/mol. The van der Waals surface area contributed by atoms with Crippen LogP contribution in [0.1, 0.15) is 5.56 Å². The van der Waals surface area contributed by atoms with Gasteiger partial charge in [-0.25, -0.2) is 4.68 Å². The van der Waals surface area contributed by atoms with E-state index >= 15 is 0 Å². The number of nitrogens with zero attached hydrogens (tertiary/aromatic N) is 2. The van der Waals surface area contributed by atoms with E-state index in [9.17, 15) is 18.0 Å². The molecule has 0 aliphatic heterocycles. The minimum Gasteiger partial charge on any atom is -0.289 e. The molecule has 18 heavy (non-hydrogen) atoms. The number of halogens is 3. The Labute approximate surface area is 101 Å². The molecule has 1 heterocycles. The Bertz CT molecular complexity index is 546. The maximum atomic E-state index is 12.1. The largest absolute Gasteiger partial charge is 0.450 e. The summed E-state index contributed by atoms with van der Waals surface area (Å²) < 4.78 is 37.7. The van der Waals surface area contributed by atoms with Crippen LogP contribution in [0.25, 0.3) is 5.69 Å². The van der Waals surface area contributed by atoms with Crippen LogP contribution >= 0.6 is 0 Å². The Kier molecular flexibility index (Phi) is 3.18. The molecule has 2 aromatic rings. The molecule has 1 aromatic carbocycles. The summed E-state index contributed by atoms with van der Waals surface area (Å²) in [6, 6.07) is 8.93. The van der Waals surface area contributed by atoms with Crippen LogP contribution in [0.3, 0.4) is 0 Å². The molecule has 0 fully saturated rings. The molecular formula is C12H9F3N2O. The molecule has 1 aromatic heterocycles. The van der Waals surface area contributed by atoms with Crippen LogP contribution in [0.15, 0.2) is 42.7 Å². The van der Waals surface area contributed by atoms with Crippen LogP contribution in [0.4, 0.5) is 13.2 Å². The highest BCUT2D eigenvalue weighted by Gasteiger charge is 2.37. The maximum Gasteiger partial charge on any atom is 0.450 e. The number of carbonyl (C=O) groups is 1. The van der Waals surface area contributed by atoms with E-state index in [0.29, 0.717) is 0 Å². The second kappa shape index (κ2) is 4.64. The van der Waals surface area contributed by atoms with Gasteiger partial charge in [0, 0.05) is 12.6 Å². The van der Waals surface area contributed by atoms with Crippen molar-refractivity contribution in [2.75, 3.05) is 0 Å². The number of alkyl halides is 3. The van der Waals surface area contributed by atoms with Crippen molar-refractivity contribution in [3.63, 3.8) is 0 Å². The third-order valence-electron chi connectivity index (χ3n) is 2.34. The van der Waals surface area contributed by atoms with Gasteiger partial charge in [0.15, 0.2) is 0 Å². The lowest BCUT2D eigenvalue weighted by Crippen LogP contribution is -2.24. The van der Waals surface area contributed by atoms with Crippen LogP contribution in [-0.2, 0) is 11.2 Å². The van der Waals surface area contributed by atoms with E-state index in [1.807, 2.05) is 6.07 Å². The summed E-state index contributed by atoms with van der Waals surface area (Å²) in [4.78, 5) is 10.8. The molecule has 0 aliphatic rings. The molecule has 0 bridgehead atoms. The summed E-state index contributed by atoms with van der Waals surface area (Å²) in [5.41, 5.74) is 0.962. The highest BCUT2D eigenvalue weighted by molar-refractivity contribution is 5.85. The molecule has 0 spiro atoms. The van der Waals surface area contributed by atoms with Crippen LogP contribution < -0.4 is 0 Å². The SMILES string of the molecule is O=C(Cc1cnn(-c2ccccc2)c1)C(F)(F)F. The molecule has 0 aliphatic carbocycles. The van der Waals surface area contributed by atoms with E-state index in [0.717, 1.165) is 5.69 Å². The average Bonchev–Trinajstić information content (AvgIpc) is 2.77. The minimum absolute atomic E-state index is 0.237. The molecule has 0 saturated carbocycles. The van der Waals surface area contributed by atoms with Crippen LogP contribution in [0.5, 0.6) is 0 Å². The highest BCUT2D eigenvalue weighted by Crippen LogP contribution is 2.19. The summed E-state index contributed by atoms with van der Waals surface area (Å²) in [5.74, 6) is -1.77. The second-order valence-electron chi connectivity index (χ2n) is 3.73. The second-order valence-corrected chi connectivity index (χ2v) is 3.73. The van der Waals surface area contributed by atoms with Gasteiger partial charge in [-0.05, 0) is 17.7 Å². The standard InChI is InChI=1S/C12H9F3N2O/c13-12(14,15)11(18)6-9-7-16-17(8-9)10-4-2-1-3-5-10/h1-5,7-8H,6H2. The molecule has 6 heteroatoms. The lowest BCUT2D eigenvalue weighted by Gasteiger charge is -2.02. The number of aromatic nitrogens is 2. The van der Waals surface area contributed by atoms with Gasteiger partial charge in [0.25, 0.3) is 0 Å². The van der Waals surface area contributed by atoms with Gasteiger partial charge in [0.2, 0.25) is 5.78 Å². The Balaban J connectivity index is 2.15. The highest BCUT2D eigenvalue weighted by atomic mass is 19.4. The van der Waals surface area contributed by atoms with Crippen molar-refractivity contribution >= 4 is 5.78 Å². The van der Waals surface area contributed by atoms with E-state index in [4.69, 9.17) is 0 Å². The van der Waals surface area contributed by atoms with Gasteiger partial charge in [-0.3, -0.25) is 4.79 Å². The zero-order valence-electron chi connectivity index (χ0n) is 9.19. The van der Waals surface area contributed by atoms with Gasteiger partial charge < -0.3 is 0 Å². The average molecular weight is 254 g/mol. The third-order valence-corrected chi connectivity index (χ3v) is 2.34. The van der Waals surface area contributed by atoms with E-state index in [-0.39, 0.29) is 5.56 Å². The molecule has 0 saturated heterocycles. The number of hydrogen-bond donors (Lipinski definition) is 0. The zero-order chi connectivity index (χ0) is 13.2. The Morgan fingerprint density at radius 1 is 1.22 bits per heavy atom. The van der Waals surface area contributed by atoms with E-state index in [1.54, 1.807) is 24.3 Å². The van der Waals surface area contributed by atoms with E-state index in [1.165, 1.54) is 17.1 Å². The monoisotopic (exact) mass is 254 g/mol. The quantitative estimate of drug-likeness (QED) is 0.843. The van der Waals surface area contributed by atoms with Crippen molar-refractivity contribution in [1.29, 1.82) is 0 Å². The lowest BCUT2D eigenvalue weighted by molar-refractivity contribution is -0.170. The number of Topliss-reactive ketones (excluding diaryl/α,β-unsaturated/α-hetero) is 1. The Hall–Kier alpha value is -2.11. The lowest BCUT2D eigenvalue weighted by atomic mass is 10.2. The fourth-order valence-corrected chi connectivity index (χ4v) is 1.46. The number of benzene rings is 1. The van der Waals surface area contributed by atoms with Gasteiger partial charge >= 0.3 is 6.18 Å². The molecule has 0 atom stereocenters. The van der Waals surface area contributed by atoms with Gasteiger partial charge in [-0.2, -0.15) is 18.3 Å². The summed E-state index contributed by atoms with van der Waals surface area (Å²) in [7, 11) is 0. The van der Waals surface area contributed by atoms with Gasteiger partial charge in [0.1, 0.15) is 0 Å². The number of carbonyl (C=O) groups excluding carboxylic acids is 1. The fourth-order valence-electron chi connectivity index (χ4n) is 1.46. The van der Waals surface area contributed by atoms with Crippen molar-refractivity contribution < 1.29 is 18.0 Å². The van der Waals surface area contributed by atoms with Crippen molar-refractivity contribution in [1.82, 2.24) is 9.78 Å². The van der Waals surface area contributed by atoms with Gasteiger partial charge in [-0.1, -0.05) is 18.2 Å². The van der Waals surface area contributed by atoms with Crippen LogP contribution in [0.2, 0.25) is 0 Å². The van der Waals surface area contributed by atoms with Gasteiger partial charge in [0.05, 0.1) is 11.9 Å². The minimum atomic E-state index is -4.80. The fraction of sp³-hybridized carbons (Fsp3) is 0.167. The van der Waals surface area contributed by atoms with Crippen molar-refractivity contribution in [3.8, 4) is 5.69 Å². The molecule has 2 rings (SSSR count). The molecule has 0 amide bonds. The first-order valence-corrected chi connectivity index (χ1v) is 5.16. The third kappa shape index (κ3) is 2.77. The first-order chi connectivity index (χ1) is 8.47. The summed E-state index contributed by atoms with van der Waals surface area (Å²) in [6.45, 7) is 0. The molecule has 0 unspecified atom stereocenters. The summed E-state index contributed by atoms with van der Waals surface area (Å²) in [6.07, 6.45) is -2.80. The van der Waals surface area contributed by atoms with Crippen LogP contribution in [0, 0.1) is 0 Å². The molecule has 0 radical (unpaired) electrons. The van der Waals surface area contributed by atoms with Crippen LogP contribution in [-0.4, -0.2) is 21.7 Å². The smallest absolute Gasteiger partial charge is 0.289 e. The first kappa shape index (κ1) is 12.3. The Morgan fingerprint density at radius 2 is 1.89 bits per heavy atom. The molecular weight excluding hydrogens is 245 g/mol. The molecule has 94 valence electrons. The summed E-state index contributed by atoms with van der Waals surface area (Å²) in [5, 5.41) is 3.92. The van der Waals surface area contributed by atoms with E-state index < -0.39 is 18.4 Å². The number of ketones is 1. The molecule has 0 N–H and O–H groups in total. The summed E-state index contributed by atoms with van der Waals surface area (Å²) >= 11 is 0. The maximum absolute atomic E-state index is 12.1. The van der Waals surface area contributed by atoms with Crippen molar-refractivity contribution in [2.24, 2.45) is 0 Å². The van der Waals surface area contributed by atoms with Crippen molar-refractivity contribution in [3.05, 3.63) is 48.3 Å². The number of para-hydroxylation sites is 1. The number of rotatable bonds is 3. The van der Waals surface area contributed by atoms with Gasteiger partial charge in [-0.15, -0.1) is 0 Å². The topological polar surface area (TPSA) is 34.9 Å².